The SMILES string of the molecule is C=C/C(=C\C(=C)C)[C@@H](CCC1CCC(C)CC1)[C@@H](C)C(=C)/C(C)=C/C1=CC2=C(CC[C@H](C(C)(C)C)C2)CC1(C)C. The zero-order chi connectivity index (χ0) is 29.8. The van der Waals surface area contributed by atoms with Gasteiger partial charge >= 0.3 is 0 Å². The maximum absolute atomic E-state index is 4.72. The molecule has 40 heavy (non-hydrogen) atoms. The lowest BCUT2D eigenvalue weighted by molar-refractivity contribution is 0.212. The van der Waals surface area contributed by atoms with Crippen molar-refractivity contribution in [2.45, 2.75) is 127 Å². The first-order valence-electron chi connectivity index (χ1n) is 16.4. The van der Waals surface area contributed by atoms with Gasteiger partial charge < -0.3 is 0 Å². The molecule has 1 saturated carbocycles. The molecule has 3 aliphatic rings. The summed E-state index contributed by atoms with van der Waals surface area (Å²) in [6.45, 7) is 34.5. The van der Waals surface area contributed by atoms with Crippen LogP contribution in [-0.4, -0.2) is 0 Å². The molecule has 1 fully saturated rings. The van der Waals surface area contributed by atoms with Crippen LogP contribution in [0, 0.1) is 40.4 Å². The zero-order valence-corrected chi connectivity index (χ0v) is 27.9. The smallest absolute Gasteiger partial charge is 0.00660 e. The average molecular weight is 543 g/mol. The first kappa shape index (κ1) is 32.7. The predicted octanol–water partition coefficient (Wildman–Crippen LogP) is 12.5. The molecule has 0 amide bonds. The normalized spacial score (nSPS) is 27.4. The molecular formula is C40H62. The summed E-state index contributed by atoms with van der Waals surface area (Å²) in [6, 6.07) is 0. The minimum Gasteiger partial charge on any atom is -0.0988 e. The number of allylic oxidation sites excluding steroid dienone is 11. The van der Waals surface area contributed by atoms with Crippen LogP contribution in [0.2, 0.25) is 0 Å². The van der Waals surface area contributed by atoms with E-state index in [-0.39, 0.29) is 5.41 Å². The maximum Gasteiger partial charge on any atom is -0.00660 e. The first-order valence-corrected chi connectivity index (χ1v) is 16.4. The van der Waals surface area contributed by atoms with Gasteiger partial charge in [0, 0.05) is 0 Å². The second-order valence-electron chi connectivity index (χ2n) is 15.7. The Bertz CT molecular complexity index is 1060. The van der Waals surface area contributed by atoms with Gasteiger partial charge in [0.1, 0.15) is 0 Å². The third-order valence-corrected chi connectivity index (χ3v) is 10.8. The molecule has 3 rings (SSSR count). The van der Waals surface area contributed by atoms with Crippen molar-refractivity contribution in [3.63, 3.8) is 0 Å². The molecule has 3 atom stereocenters. The minimum atomic E-state index is 0.168. The molecule has 222 valence electrons. The molecule has 0 unspecified atom stereocenters. The minimum absolute atomic E-state index is 0.168. The van der Waals surface area contributed by atoms with E-state index in [0.717, 1.165) is 23.3 Å². The molecule has 0 heterocycles. The lowest BCUT2D eigenvalue weighted by atomic mass is 9.64. The molecular weight excluding hydrogens is 480 g/mol. The highest BCUT2D eigenvalue weighted by atomic mass is 14.4. The first-order chi connectivity index (χ1) is 18.6. The Kier molecular flexibility index (Phi) is 11.0. The molecule has 0 bridgehead atoms. The van der Waals surface area contributed by atoms with Crippen LogP contribution in [0.5, 0.6) is 0 Å². The second-order valence-corrected chi connectivity index (χ2v) is 15.7. The lowest BCUT2D eigenvalue weighted by Crippen LogP contribution is -2.28. The van der Waals surface area contributed by atoms with E-state index >= 15 is 0 Å². The molecule has 0 aromatic rings. The Hall–Kier alpha value is -1.82. The van der Waals surface area contributed by atoms with Gasteiger partial charge in [-0.15, -0.1) is 0 Å². The molecule has 0 nitrogen and oxygen atoms in total. The van der Waals surface area contributed by atoms with E-state index in [9.17, 15) is 0 Å². The van der Waals surface area contributed by atoms with Gasteiger partial charge in [-0.2, -0.15) is 0 Å². The molecule has 3 aliphatic carbocycles. The summed E-state index contributed by atoms with van der Waals surface area (Å²) in [5.41, 5.74) is 10.4. The van der Waals surface area contributed by atoms with Crippen LogP contribution in [-0.2, 0) is 0 Å². The lowest BCUT2D eigenvalue weighted by Gasteiger charge is -2.41. The largest absolute Gasteiger partial charge is 0.0988 e. The van der Waals surface area contributed by atoms with Crippen molar-refractivity contribution in [3.8, 4) is 0 Å². The van der Waals surface area contributed by atoms with Gasteiger partial charge in [-0.3, -0.25) is 0 Å². The van der Waals surface area contributed by atoms with Gasteiger partial charge in [0.15, 0.2) is 0 Å². The van der Waals surface area contributed by atoms with E-state index in [1.165, 1.54) is 86.5 Å². The summed E-state index contributed by atoms with van der Waals surface area (Å²) < 4.78 is 0. The standard InChI is InChI=1S/C40H62/c1-13-33(22-27(2)3)38(21-18-32-16-14-28(4)15-17-32)31(7)30(6)29(5)23-37-25-35-24-36(39(8,9)10)20-19-34(35)26-40(37,11)12/h13,22-23,25,28,31-32,36,38H,1-2,6,14-21,24,26H2,3-5,7-12H3/b29-23+,33-22+/t28?,31-,32?,36-,38-/m0/s1. The maximum atomic E-state index is 4.72. The quantitative estimate of drug-likeness (QED) is 0.241. The Morgan fingerprint density at radius 2 is 1.73 bits per heavy atom. The number of rotatable bonds is 10. The summed E-state index contributed by atoms with van der Waals surface area (Å²) >= 11 is 0. The summed E-state index contributed by atoms with van der Waals surface area (Å²) in [6.07, 6.45) is 22.5. The van der Waals surface area contributed by atoms with Gasteiger partial charge in [0.2, 0.25) is 0 Å². The van der Waals surface area contributed by atoms with Crippen LogP contribution in [0.15, 0.2) is 83.1 Å². The van der Waals surface area contributed by atoms with Crippen LogP contribution < -0.4 is 0 Å². The molecule has 0 aromatic carbocycles. The van der Waals surface area contributed by atoms with Gasteiger partial charge in [0.25, 0.3) is 0 Å². The Morgan fingerprint density at radius 3 is 2.30 bits per heavy atom. The van der Waals surface area contributed by atoms with Gasteiger partial charge in [-0.25, -0.2) is 0 Å². The molecule has 0 radical (unpaired) electrons. The van der Waals surface area contributed by atoms with Crippen LogP contribution in [0.4, 0.5) is 0 Å². The second kappa shape index (κ2) is 13.4. The fraction of sp³-hybridized carbons (Fsp3) is 0.650. The Balaban J connectivity index is 1.84. The molecule has 0 spiro atoms. The fourth-order valence-electron chi connectivity index (χ4n) is 7.65. The summed E-state index contributed by atoms with van der Waals surface area (Å²) in [5.74, 6) is 3.34. The Labute approximate surface area is 249 Å². The van der Waals surface area contributed by atoms with Crippen LogP contribution in [0.25, 0.3) is 0 Å². The molecule has 0 saturated heterocycles. The summed E-state index contributed by atoms with van der Waals surface area (Å²) in [4.78, 5) is 0. The van der Waals surface area contributed by atoms with Gasteiger partial charge in [0.05, 0.1) is 0 Å². The van der Waals surface area contributed by atoms with Crippen molar-refractivity contribution in [2.75, 3.05) is 0 Å². The third-order valence-electron chi connectivity index (χ3n) is 10.8. The number of hydrogen-bond acceptors (Lipinski definition) is 0. The highest BCUT2D eigenvalue weighted by Crippen LogP contribution is 2.49. The molecule has 0 N–H and O–H groups in total. The van der Waals surface area contributed by atoms with Crippen molar-refractivity contribution in [2.24, 2.45) is 40.4 Å². The van der Waals surface area contributed by atoms with Crippen LogP contribution >= 0.6 is 0 Å². The summed E-state index contributed by atoms with van der Waals surface area (Å²) in [5, 5.41) is 0. The van der Waals surface area contributed by atoms with Crippen LogP contribution in [0.3, 0.4) is 0 Å². The van der Waals surface area contributed by atoms with Crippen molar-refractivity contribution in [1.29, 1.82) is 0 Å². The van der Waals surface area contributed by atoms with E-state index in [4.69, 9.17) is 6.58 Å². The average Bonchev–Trinajstić information content (AvgIpc) is 2.87. The topological polar surface area (TPSA) is 0 Å². The van der Waals surface area contributed by atoms with E-state index in [0.29, 0.717) is 17.3 Å². The van der Waals surface area contributed by atoms with Gasteiger partial charge in [-0.05, 0) is 121 Å². The fourth-order valence-corrected chi connectivity index (χ4v) is 7.65. The molecule has 0 aromatic heterocycles. The van der Waals surface area contributed by atoms with E-state index in [1.807, 2.05) is 0 Å². The van der Waals surface area contributed by atoms with Crippen molar-refractivity contribution in [3.05, 3.63) is 83.1 Å². The summed E-state index contributed by atoms with van der Waals surface area (Å²) in [7, 11) is 0. The highest BCUT2D eigenvalue weighted by molar-refractivity contribution is 5.47. The van der Waals surface area contributed by atoms with Crippen molar-refractivity contribution >= 4 is 0 Å². The predicted molar refractivity (Wildman–Crippen MR) is 179 cm³/mol. The number of hydrogen-bond donors (Lipinski definition) is 0. The monoisotopic (exact) mass is 542 g/mol. The zero-order valence-electron chi connectivity index (χ0n) is 27.9. The van der Waals surface area contributed by atoms with Crippen molar-refractivity contribution in [1.82, 2.24) is 0 Å². The van der Waals surface area contributed by atoms with E-state index < -0.39 is 0 Å². The Morgan fingerprint density at radius 1 is 1.07 bits per heavy atom. The third kappa shape index (κ3) is 8.36. The molecule has 0 aliphatic heterocycles. The molecule has 0 heteroatoms. The van der Waals surface area contributed by atoms with E-state index in [2.05, 4.69) is 99.8 Å². The van der Waals surface area contributed by atoms with Gasteiger partial charge in [-0.1, -0.05) is 129 Å². The highest BCUT2D eigenvalue weighted by Gasteiger charge is 2.35. The van der Waals surface area contributed by atoms with E-state index in [1.54, 1.807) is 11.1 Å². The van der Waals surface area contributed by atoms with Crippen LogP contribution in [0.1, 0.15) is 127 Å². The van der Waals surface area contributed by atoms with Crippen molar-refractivity contribution < 1.29 is 0 Å².